The highest BCUT2D eigenvalue weighted by atomic mass is 35.7. The zero-order chi connectivity index (χ0) is 25.2. The number of carbonyl (C=O) groups excluding carboxylic acids is 4. The summed E-state index contributed by atoms with van der Waals surface area (Å²) in [4.78, 5) is 40.3. The third kappa shape index (κ3) is 34.5. The predicted molar refractivity (Wildman–Crippen MR) is 109 cm³/mol. The first-order valence-electron chi connectivity index (χ1n) is 8.20. The van der Waals surface area contributed by atoms with Gasteiger partial charge in [-0.2, -0.15) is 4.21 Å². The Balaban J connectivity index is -0.000000153. The summed E-state index contributed by atoms with van der Waals surface area (Å²) < 4.78 is 50.9. The number of Topliss-reactive ketones (excluding diaryl/α,β-unsaturated/α-hetero) is 4. The second-order valence-electron chi connectivity index (χ2n) is 5.60. The fourth-order valence-corrected chi connectivity index (χ4v) is 1.41. The van der Waals surface area contributed by atoms with Crippen LogP contribution in [-0.4, -0.2) is 61.1 Å². The maximum Gasteiger partial charge on any atom is 0.345 e. The quantitative estimate of drug-likeness (QED) is 0.494. The number of halogens is 3. The molecule has 0 aromatic heterocycles. The van der Waals surface area contributed by atoms with Gasteiger partial charge in [-0.3, -0.25) is 27.5 Å². The predicted octanol–water partition coefficient (Wildman–Crippen LogP) is 2.22. The Hall–Kier alpha value is -0.990. The van der Waals surface area contributed by atoms with Crippen LogP contribution in [0.25, 0.3) is 0 Å². The first-order chi connectivity index (χ1) is 13.4. The van der Waals surface area contributed by atoms with E-state index in [1.54, 1.807) is 0 Å². The lowest BCUT2D eigenvalue weighted by Gasteiger charge is -2.01. The molecule has 0 rings (SSSR count). The number of aliphatic hydroxyl groups is 1. The molecule has 0 aromatic carbocycles. The molecule has 1 N–H and O–H groups in total. The third-order valence-electron chi connectivity index (χ3n) is 2.73. The Bertz CT molecular complexity index is 537. The van der Waals surface area contributed by atoms with Gasteiger partial charge < -0.3 is 5.11 Å². The molecule has 0 amide bonds. The van der Waals surface area contributed by atoms with Crippen LogP contribution in [0.15, 0.2) is 0 Å². The van der Waals surface area contributed by atoms with Crippen LogP contribution in [0.4, 0.5) is 8.28 Å². The number of alkyl halides is 1. The summed E-state index contributed by atoms with van der Waals surface area (Å²) in [6.45, 7) is 10.6. The van der Waals surface area contributed by atoms with Crippen LogP contribution in [0.3, 0.4) is 0 Å². The van der Waals surface area contributed by atoms with Gasteiger partial charge in [-0.15, -0.1) is 3.89 Å². The highest BCUT2D eigenvalue weighted by Crippen LogP contribution is 1.99. The van der Waals surface area contributed by atoms with Crippen molar-refractivity contribution in [1.29, 1.82) is 0 Å². The molecule has 14 heteroatoms. The minimum Gasteiger partial charge on any atom is -0.386 e. The van der Waals surface area contributed by atoms with E-state index < -0.39 is 52.0 Å². The van der Waals surface area contributed by atoms with Crippen molar-refractivity contribution < 1.29 is 49.3 Å². The summed E-state index contributed by atoms with van der Waals surface area (Å²) in [5.41, 5.74) is 0. The van der Waals surface area contributed by atoms with Crippen molar-refractivity contribution in [2.45, 2.75) is 79.9 Å². The SMILES string of the molecule is CC(=O)C(C)F.CC(=O)C(C)O.CC(=O)C(C)OS(=O)Cl.CC(=O)C(C)OS(=O)F. The van der Waals surface area contributed by atoms with Crippen LogP contribution < -0.4 is 0 Å². The average molecular weight is 503 g/mol. The molecular formula is C16H29ClF2O9S2. The third-order valence-corrected chi connectivity index (χ3v) is 3.83. The van der Waals surface area contributed by atoms with Crippen LogP contribution in [0, 0.1) is 0 Å². The van der Waals surface area contributed by atoms with Crippen molar-refractivity contribution in [1.82, 2.24) is 0 Å². The average Bonchev–Trinajstić information content (AvgIpc) is 2.54. The minimum absolute atomic E-state index is 0.185. The summed E-state index contributed by atoms with van der Waals surface area (Å²) in [7, 11) is 3.05. The van der Waals surface area contributed by atoms with Crippen molar-refractivity contribution in [3.8, 4) is 0 Å². The van der Waals surface area contributed by atoms with E-state index >= 15 is 0 Å². The fourth-order valence-electron chi connectivity index (χ4n) is 0.362. The van der Waals surface area contributed by atoms with Gasteiger partial charge in [-0.25, -0.2) is 8.60 Å². The standard InChI is InChI=1S/C4H7ClO3S.C4H7FO3S.C4H7FO.C4H8O2/c2*1-3(6)4(2)8-9(5)7;2*1-3(5)4(2)6/h2*4H,1-2H3;3H,1-2H3;3,5H,1-2H3. The van der Waals surface area contributed by atoms with E-state index in [0.717, 1.165) is 0 Å². The fraction of sp³-hybridized carbons (Fsp3) is 0.750. The lowest BCUT2D eigenvalue weighted by Crippen LogP contribution is -2.16. The largest absolute Gasteiger partial charge is 0.386 e. The van der Waals surface area contributed by atoms with Gasteiger partial charge in [0.15, 0.2) is 29.3 Å². The maximum absolute atomic E-state index is 11.5. The number of rotatable bonds is 8. The molecule has 0 aliphatic carbocycles. The smallest absolute Gasteiger partial charge is 0.345 e. The second kappa shape index (κ2) is 21.2. The lowest BCUT2D eigenvalue weighted by molar-refractivity contribution is -0.124. The number of ketones is 4. The zero-order valence-corrected chi connectivity index (χ0v) is 20.4. The Morgan fingerprint density at radius 3 is 1.13 bits per heavy atom. The van der Waals surface area contributed by atoms with Crippen molar-refractivity contribution in [3.63, 3.8) is 0 Å². The van der Waals surface area contributed by atoms with Gasteiger partial charge in [0.1, 0.15) is 18.3 Å². The Morgan fingerprint density at radius 2 is 1.07 bits per heavy atom. The molecule has 6 unspecified atom stereocenters. The summed E-state index contributed by atoms with van der Waals surface area (Å²) in [6.07, 6.45) is -3.67. The Morgan fingerprint density at radius 1 is 0.800 bits per heavy atom. The van der Waals surface area contributed by atoms with Crippen LogP contribution in [0.2, 0.25) is 0 Å². The molecule has 0 bridgehead atoms. The van der Waals surface area contributed by atoms with Crippen molar-refractivity contribution in [3.05, 3.63) is 0 Å². The maximum atomic E-state index is 11.5. The summed E-state index contributed by atoms with van der Waals surface area (Å²) in [6, 6.07) is 0. The van der Waals surface area contributed by atoms with Gasteiger partial charge in [0.05, 0.1) is 0 Å². The summed E-state index contributed by atoms with van der Waals surface area (Å²) >= 11 is -2.84. The van der Waals surface area contributed by atoms with E-state index in [9.17, 15) is 35.9 Å². The molecule has 0 fully saturated rings. The molecule has 0 aliphatic rings. The Labute approximate surface area is 184 Å². The van der Waals surface area contributed by atoms with E-state index in [1.807, 2.05) is 0 Å². The van der Waals surface area contributed by atoms with Gasteiger partial charge in [-0.1, -0.05) is 0 Å². The number of aliphatic hydroxyl groups excluding tert-OH is 1. The first-order valence-corrected chi connectivity index (χ1v) is 11.1. The van der Waals surface area contributed by atoms with Crippen LogP contribution >= 0.6 is 10.7 Å². The Kier molecular flexibility index (Phi) is 25.8. The van der Waals surface area contributed by atoms with E-state index in [1.165, 1.54) is 55.4 Å². The molecule has 0 aromatic rings. The first kappa shape index (κ1) is 36.4. The summed E-state index contributed by atoms with van der Waals surface area (Å²) in [5, 5.41) is 8.28. The molecule has 180 valence electrons. The van der Waals surface area contributed by atoms with Gasteiger partial charge >= 0.3 is 11.5 Å². The van der Waals surface area contributed by atoms with E-state index in [4.69, 9.17) is 15.8 Å². The van der Waals surface area contributed by atoms with Crippen molar-refractivity contribution in [2.75, 3.05) is 0 Å². The monoisotopic (exact) mass is 502 g/mol. The molecule has 0 aliphatic heterocycles. The number of hydrogen-bond acceptors (Lipinski definition) is 9. The molecule has 0 spiro atoms. The van der Waals surface area contributed by atoms with Crippen LogP contribution in [0.1, 0.15) is 55.4 Å². The number of hydrogen-bond donors (Lipinski definition) is 1. The van der Waals surface area contributed by atoms with Crippen LogP contribution in [-0.2, 0) is 49.3 Å². The van der Waals surface area contributed by atoms with Crippen LogP contribution in [0.5, 0.6) is 0 Å². The summed E-state index contributed by atoms with van der Waals surface area (Å²) in [5.74, 6) is -1.13. The molecule has 0 saturated carbocycles. The minimum atomic E-state index is -2.84. The van der Waals surface area contributed by atoms with Gasteiger partial charge in [0.25, 0.3) is 10.3 Å². The van der Waals surface area contributed by atoms with Gasteiger partial charge in [-0.05, 0) is 55.4 Å². The molecule has 0 heterocycles. The molecule has 30 heavy (non-hydrogen) atoms. The molecule has 0 radical (unpaired) electrons. The van der Waals surface area contributed by atoms with E-state index in [0.29, 0.717) is 0 Å². The topological polar surface area (TPSA) is 141 Å². The highest BCUT2D eigenvalue weighted by molar-refractivity contribution is 8.04. The van der Waals surface area contributed by atoms with Crippen molar-refractivity contribution in [2.24, 2.45) is 0 Å². The lowest BCUT2D eigenvalue weighted by atomic mass is 10.3. The molecule has 6 atom stereocenters. The zero-order valence-electron chi connectivity index (χ0n) is 18.0. The molecule has 0 saturated heterocycles. The van der Waals surface area contributed by atoms with Gasteiger partial charge in [0.2, 0.25) is 0 Å². The van der Waals surface area contributed by atoms with Gasteiger partial charge in [0, 0.05) is 10.7 Å². The molecule has 9 nitrogen and oxygen atoms in total. The van der Waals surface area contributed by atoms with E-state index in [-0.39, 0.29) is 17.3 Å². The van der Waals surface area contributed by atoms with E-state index in [2.05, 4.69) is 8.37 Å². The van der Waals surface area contributed by atoms with Crippen molar-refractivity contribution >= 4 is 55.6 Å². The number of carbonyl (C=O) groups is 4. The highest BCUT2D eigenvalue weighted by Gasteiger charge is 2.11. The normalized spacial score (nSPS) is 15.6. The second-order valence-corrected chi connectivity index (χ2v) is 7.52. The molecular weight excluding hydrogens is 474 g/mol.